The second kappa shape index (κ2) is 5.84. The van der Waals surface area contributed by atoms with Crippen LogP contribution in [0.5, 0.6) is 5.75 Å². The zero-order valence-corrected chi connectivity index (χ0v) is 13.8. The van der Waals surface area contributed by atoms with Crippen molar-refractivity contribution in [3.8, 4) is 5.75 Å². The number of ether oxygens (including phenoxy) is 1. The summed E-state index contributed by atoms with van der Waals surface area (Å²) in [6, 6.07) is 6.71. The molecule has 2 heterocycles. The molecule has 0 amide bonds. The van der Waals surface area contributed by atoms with Crippen molar-refractivity contribution in [3.63, 3.8) is 0 Å². The van der Waals surface area contributed by atoms with Crippen LogP contribution in [0.3, 0.4) is 0 Å². The van der Waals surface area contributed by atoms with Gasteiger partial charge in [-0.25, -0.2) is 0 Å². The molecule has 120 valence electrons. The second-order valence-electron chi connectivity index (χ2n) is 6.87. The van der Waals surface area contributed by atoms with E-state index >= 15 is 0 Å². The van der Waals surface area contributed by atoms with E-state index in [1.54, 1.807) is 6.07 Å². The highest BCUT2D eigenvalue weighted by atomic mass is 35.5. The number of benzene rings is 1. The van der Waals surface area contributed by atoms with E-state index in [1.165, 1.54) is 19.8 Å². The van der Waals surface area contributed by atoms with Crippen LogP contribution in [0, 0.1) is 0 Å². The third-order valence-corrected chi connectivity index (χ3v) is 5.66. The number of nitrogens with zero attached hydrogens (tertiary/aromatic N) is 1. The average Bonchev–Trinajstić information content (AvgIpc) is 2.61. The lowest BCUT2D eigenvalue weighted by molar-refractivity contribution is -0.961. The number of rotatable bonds is 3. The van der Waals surface area contributed by atoms with Crippen LogP contribution in [0.25, 0.3) is 0 Å². The Balaban J connectivity index is 1.79. The second-order valence-corrected chi connectivity index (χ2v) is 7.28. The Morgan fingerprint density at radius 1 is 1.36 bits per heavy atom. The van der Waals surface area contributed by atoms with Gasteiger partial charge in [-0.05, 0) is 18.2 Å². The molecule has 2 bridgehead atoms. The quantitative estimate of drug-likeness (QED) is 0.528. The monoisotopic (exact) mass is 324 g/mol. The Morgan fingerprint density at radius 2 is 2.00 bits per heavy atom. The van der Waals surface area contributed by atoms with Gasteiger partial charge in [0.15, 0.2) is 0 Å². The van der Waals surface area contributed by atoms with Gasteiger partial charge in [-0.2, -0.15) is 0 Å². The molecule has 5 heteroatoms. The lowest BCUT2D eigenvalue weighted by Crippen LogP contribution is -2.57. The maximum absolute atomic E-state index is 11.0. The van der Waals surface area contributed by atoms with Gasteiger partial charge in [0.1, 0.15) is 12.3 Å². The van der Waals surface area contributed by atoms with Crippen molar-refractivity contribution in [1.82, 2.24) is 0 Å². The third kappa shape index (κ3) is 2.87. The fraction of sp³-hybridized carbons (Fsp3) is 0.588. The molecule has 2 saturated heterocycles. The van der Waals surface area contributed by atoms with Gasteiger partial charge in [0, 0.05) is 38.2 Å². The number of quaternary nitrogens is 1. The number of halogens is 1. The van der Waals surface area contributed by atoms with Gasteiger partial charge in [-0.1, -0.05) is 11.6 Å². The van der Waals surface area contributed by atoms with Crippen LogP contribution in [0.15, 0.2) is 18.2 Å². The van der Waals surface area contributed by atoms with Crippen molar-refractivity contribution in [1.29, 1.82) is 0 Å². The molecule has 0 spiro atoms. The minimum absolute atomic E-state index is 0.140. The molecular weight excluding hydrogens is 302 g/mol. The summed E-state index contributed by atoms with van der Waals surface area (Å²) in [7, 11) is 2.29. The van der Waals surface area contributed by atoms with Gasteiger partial charge in [-0.3, -0.25) is 4.79 Å². The lowest BCUT2D eigenvalue weighted by atomic mass is 9.96. The first-order chi connectivity index (χ1) is 10.4. The molecule has 2 atom stereocenters. The van der Waals surface area contributed by atoms with Crippen molar-refractivity contribution < 1.29 is 19.1 Å². The summed E-state index contributed by atoms with van der Waals surface area (Å²) in [6.45, 7) is 2.27. The fourth-order valence-electron chi connectivity index (χ4n) is 4.25. The van der Waals surface area contributed by atoms with Gasteiger partial charge >= 0.3 is 5.97 Å². The number of carbonyl (C=O) groups is 1. The van der Waals surface area contributed by atoms with Crippen molar-refractivity contribution >= 4 is 17.6 Å². The highest BCUT2D eigenvalue weighted by Gasteiger charge is 2.51. The minimum Gasteiger partial charge on any atom is -0.425 e. The summed E-state index contributed by atoms with van der Waals surface area (Å²) in [4.78, 5) is 11.0. The normalized spacial score (nSPS) is 33.7. The highest BCUT2D eigenvalue weighted by molar-refractivity contribution is 6.32. The largest absolute Gasteiger partial charge is 0.425 e. The molecular formula is C17H23ClNO3+. The van der Waals surface area contributed by atoms with Crippen molar-refractivity contribution in [2.24, 2.45) is 0 Å². The van der Waals surface area contributed by atoms with Gasteiger partial charge in [0.05, 0.1) is 30.3 Å². The van der Waals surface area contributed by atoms with Crippen LogP contribution in [0.1, 0.15) is 38.2 Å². The average molecular weight is 325 g/mol. The van der Waals surface area contributed by atoms with Crippen molar-refractivity contribution in [3.05, 3.63) is 28.8 Å². The van der Waals surface area contributed by atoms with Gasteiger partial charge < -0.3 is 14.3 Å². The van der Waals surface area contributed by atoms with E-state index < -0.39 is 0 Å². The van der Waals surface area contributed by atoms with Gasteiger partial charge in [-0.15, -0.1) is 0 Å². The van der Waals surface area contributed by atoms with E-state index in [2.05, 4.69) is 7.05 Å². The van der Waals surface area contributed by atoms with Crippen LogP contribution in [-0.2, 0) is 11.3 Å². The molecule has 2 aliphatic rings. The maximum atomic E-state index is 11.0. The SMILES string of the molecule is CC(=O)Oc1ccc(C[N+]2(C)C3CCC2CC(O)C3)cc1Cl. The molecule has 3 rings (SSSR count). The summed E-state index contributed by atoms with van der Waals surface area (Å²) in [5, 5.41) is 10.4. The molecule has 2 aliphatic heterocycles. The molecule has 4 nitrogen and oxygen atoms in total. The standard InChI is InChI=1S/C17H23ClNO3/c1-11(20)22-17-6-3-12(7-16(17)18)10-19(2)13-4-5-14(19)9-15(21)8-13/h3,6-7,13-15,21H,4-5,8-10H2,1-2H3/q+1. The number of carbonyl (C=O) groups excluding carboxylic acids is 1. The molecule has 1 N–H and O–H groups in total. The van der Waals surface area contributed by atoms with E-state index in [-0.39, 0.29) is 12.1 Å². The number of fused-ring (bicyclic) bond motifs is 2. The molecule has 0 aliphatic carbocycles. The van der Waals surface area contributed by atoms with Gasteiger partial charge in [0.25, 0.3) is 0 Å². The first-order valence-electron chi connectivity index (χ1n) is 7.88. The number of piperidine rings is 1. The summed E-state index contributed by atoms with van der Waals surface area (Å²) >= 11 is 6.22. The van der Waals surface area contributed by atoms with Crippen molar-refractivity contribution in [2.75, 3.05) is 7.05 Å². The number of hydrogen-bond donors (Lipinski definition) is 1. The molecule has 0 radical (unpaired) electrons. The molecule has 1 aromatic carbocycles. The Kier molecular flexibility index (Phi) is 4.19. The Morgan fingerprint density at radius 3 is 2.55 bits per heavy atom. The lowest BCUT2D eigenvalue weighted by Gasteiger charge is -2.46. The molecule has 22 heavy (non-hydrogen) atoms. The van der Waals surface area contributed by atoms with Crippen LogP contribution in [0.4, 0.5) is 0 Å². The van der Waals surface area contributed by atoms with E-state index in [0.717, 1.165) is 29.4 Å². The van der Waals surface area contributed by atoms with Crippen LogP contribution in [-0.4, -0.2) is 40.8 Å². The number of aliphatic hydroxyl groups excluding tert-OH is 1. The van der Waals surface area contributed by atoms with Crippen LogP contribution in [0.2, 0.25) is 5.02 Å². The van der Waals surface area contributed by atoms with Crippen LogP contribution < -0.4 is 4.74 Å². The predicted molar refractivity (Wildman–Crippen MR) is 84.7 cm³/mol. The van der Waals surface area contributed by atoms with E-state index in [4.69, 9.17) is 16.3 Å². The molecule has 0 aromatic heterocycles. The van der Waals surface area contributed by atoms with Crippen LogP contribution >= 0.6 is 11.6 Å². The molecule has 2 unspecified atom stereocenters. The smallest absolute Gasteiger partial charge is 0.308 e. The summed E-state index contributed by atoms with van der Waals surface area (Å²) < 4.78 is 6.06. The number of esters is 1. The van der Waals surface area contributed by atoms with Crippen molar-refractivity contribution in [2.45, 2.75) is 57.3 Å². The predicted octanol–water partition coefficient (Wildman–Crippen LogP) is 2.90. The zero-order valence-electron chi connectivity index (χ0n) is 13.1. The van der Waals surface area contributed by atoms with E-state index in [1.807, 2.05) is 12.1 Å². The Bertz CT molecular complexity index is 575. The fourth-order valence-corrected chi connectivity index (χ4v) is 4.49. The summed E-state index contributed by atoms with van der Waals surface area (Å²) in [5.41, 5.74) is 1.15. The first kappa shape index (κ1) is 15.8. The summed E-state index contributed by atoms with van der Waals surface area (Å²) in [6.07, 6.45) is 4.03. The highest BCUT2D eigenvalue weighted by Crippen LogP contribution is 2.43. The van der Waals surface area contributed by atoms with Gasteiger partial charge in [0.2, 0.25) is 0 Å². The Labute approximate surface area is 136 Å². The van der Waals surface area contributed by atoms with E-state index in [0.29, 0.717) is 22.9 Å². The molecule has 0 saturated carbocycles. The Hall–Kier alpha value is -1.10. The number of hydrogen-bond acceptors (Lipinski definition) is 3. The third-order valence-electron chi connectivity index (χ3n) is 5.36. The minimum atomic E-state index is -0.364. The molecule has 1 aromatic rings. The topological polar surface area (TPSA) is 46.5 Å². The van der Waals surface area contributed by atoms with E-state index in [9.17, 15) is 9.90 Å². The first-order valence-corrected chi connectivity index (χ1v) is 8.26. The zero-order chi connectivity index (χ0) is 15.9. The summed E-state index contributed by atoms with van der Waals surface area (Å²) in [5.74, 6) is 0.0503. The maximum Gasteiger partial charge on any atom is 0.308 e. The molecule has 2 fully saturated rings. The number of aliphatic hydroxyl groups is 1.